The summed E-state index contributed by atoms with van der Waals surface area (Å²) in [6.07, 6.45) is -0.310. The Morgan fingerprint density at radius 3 is 2.65 bits per heavy atom. The second kappa shape index (κ2) is 12.1. The number of pyridine rings is 1. The average molecular weight is 571 g/mol. The number of nitrogens with one attached hydrogen (secondary N) is 1. The highest BCUT2D eigenvalue weighted by Gasteiger charge is 2.23. The fourth-order valence-electron chi connectivity index (χ4n) is 4.63. The van der Waals surface area contributed by atoms with Crippen molar-refractivity contribution in [1.29, 1.82) is 0 Å². The van der Waals surface area contributed by atoms with Crippen LogP contribution >= 0.6 is 0 Å². The lowest BCUT2D eigenvalue weighted by atomic mass is 9.97. The van der Waals surface area contributed by atoms with Gasteiger partial charge in [-0.2, -0.15) is 0 Å². The number of benzene rings is 2. The second-order valence-corrected chi connectivity index (χ2v) is 9.98. The topological polar surface area (TPSA) is 133 Å². The molecule has 0 amide bonds. The van der Waals surface area contributed by atoms with Crippen LogP contribution in [0.2, 0.25) is 0 Å². The van der Waals surface area contributed by atoms with E-state index in [-0.39, 0.29) is 24.1 Å². The molecule has 210 valence electrons. The quantitative estimate of drug-likeness (QED) is 0.259. The normalized spacial score (nSPS) is 14.6. The van der Waals surface area contributed by atoms with E-state index >= 15 is 4.39 Å². The van der Waals surface area contributed by atoms with E-state index in [0.717, 1.165) is 0 Å². The first-order valence-electron chi connectivity index (χ1n) is 12.6. The van der Waals surface area contributed by atoms with Gasteiger partial charge in [0.1, 0.15) is 34.9 Å². The van der Waals surface area contributed by atoms with Gasteiger partial charge < -0.3 is 20.1 Å². The van der Waals surface area contributed by atoms with Gasteiger partial charge >= 0.3 is 0 Å². The summed E-state index contributed by atoms with van der Waals surface area (Å²) in [7, 11) is -1.36. The van der Waals surface area contributed by atoms with Crippen molar-refractivity contribution < 1.29 is 26.7 Å². The third-order valence-corrected chi connectivity index (χ3v) is 7.12. The molecule has 3 N–H and O–H groups in total. The van der Waals surface area contributed by atoms with Gasteiger partial charge in [-0.3, -0.25) is 0 Å². The molecule has 40 heavy (non-hydrogen) atoms. The maximum Gasteiger partial charge on any atom is 0.201 e. The SMILES string of the molecule is COc1cc(-c2cccc(C(F)CCN[SH](=O)=O)c2F)cc2c(N3CCOCC3)nc(-c3ccc(N)nc3)nc12. The smallest absolute Gasteiger partial charge is 0.201 e. The molecule has 2 aromatic carbocycles. The van der Waals surface area contributed by atoms with Crippen LogP contribution in [0.25, 0.3) is 33.4 Å². The zero-order valence-corrected chi connectivity index (χ0v) is 22.5. The minimum Gasteiger partial charge on any atom is -0.494 e. The molecule has 0 radical (unpaired) electrons. The number of rotatable bonds is 9. The molecule has 4 aromatic rings. The Hall–Kier alpha value is -3.94. The first-order valence-corrected chi connectivity index (χ1v) is 13.8. The zero-order valence-electron chi connectivity index (χ0n) is 21.6. The highest BCUT2D eigenvalue weighted by Crippen LogP contribution is 2.39. The summed E-state index contributed by atoms with van der Waals surface area (Å²) in [5.74, 6) is 1.07. The predicted octanol–water partition coefficient (Wildman–Crippen LogP) is 3.44. The monoisotopic (exact) mass is 570 g/mol. The molecule has 0 spiro atoms. The van der Waals surface area contributed by atoms with E-state index in [2.05, 4.69) is 14.6 Å². The van der Waals surface area contributed by atoms with E-state index in [0.29, 0.717) is 71.5 Å². The largest absolute Gasteiger partial charge is 0.494 e. The third-order valence-electron chi connectivity index (χ3n) is 6.64. The first-order chi connectivity index (χ1) is 19.4. The average Bonchev–Trinajstić information content (AvgIpc) is 2.96. The number of halogens is 2. The number of hydrogen-bond donors (Lipinski definition) is 3. The molecule has 1 unspecified atom stereocenters. The van der Waals surface area contributed by atoms with Gasteiger partial charge in [0.15, 0.2) is 5.82 Å². The lowest BCUT2D eigenvalue weighted by molar-refractivity contribution is 0.122. The minimum atomic E-state index is -2.86. The highest BCUT2D eigenvalue weighted by molar-refractivity contribution is 7.70. The number of alkyl halides is 1. The molecule has 0 saturated carbocycles. The molecule has 2 aromatic heterocycles. The predicted molar refractivity (Wildman–Crippen MR) is 149 cm³/mol. The molecule has 1 aliphatic rings. The second-order valence-electron chi connectivity index (χ2n) is 9.15. The van der Waals surface area contributed by atoms with E-state index in [1.54, 1.807) is 42.6 Å². The van der Waals surface area contributed by atoms with Crippen LogP contribution in [0.5, 0.6) is 5.75 Å². The van der Waals surface area contributed by atoms with Gasteiger partial charge in [-0.25, -0.2) is 36.9 Å². The van der Waals surface area contributed by atoms with Gasteiger partial charge in [0.2, 0.25) is 10.9 Å². The molecule has 10 nitrogen and oxygen atoms in total. The number of aromatic nitrogens is 3. The maximum absolute atomic E-state index is 15.7. The van der Waals surface area contributed by atoms with Crippen molar-refractivity contribution in [2.75, 3.05) is 50.6 Å². The summed E-state index contributed by atoms with van der Waals surface area (Å²) in [5, 5.41) is 0.633. The number of hydrogen-bond acceptors (Lipinski definition) is 9. The van der Waals surface area contributed by atoms with Gasteiger partial charge in [-0.15, -0.1) is 0 Å². The number of anilines is 2. The molecular formula is C27H28F2N6O4S. The molecule has 0 aliphatic carbocycles. The van der Waals surface area contributed by atoms with Gasteiger partial charge in [0.05, 0.1) is 20.3 Å². The first kappa shape index (κ1) is 27.6. The van der Waals surface area contributed by atoms with Crippen LogP contribution in [0.15, 0.2) is 48.7 Å². The number of methoxy groups -OCH3 is 1. The van der Waals surface area contributed by atoms with Crippen LogP contribution in [0.1, 0.15) is 18.2 Å². The molecule has 3 heterocycles. The van der Waals surface area contributed by atoms with Crippen molar-refractivity contribution in [1.82, 2.24) is 19.7 Å². The minimum absolute atomic E-state index is 0.139. The van der Waals surface area contributed by atoms with Crippen LogP contribution in [0, 0.1) is 5.82 Å². The van der Waals surface area contributed by atoms with E-state index in [1.807, 2.05) is 0 Å². The molecule has 1 fully saturated rings. The van der Waals surface area contributed by atoms with E-state index in [9.17, 15) is 12.8 Å². The molecule has 13 heteroatoms. The Morgan fingerprint density at radius 2 is 1.95 bits per heavy atom. The number of ether oxygens (including phenoxy) is 2. The molecule has 0 bridgehead atoms. The number of nitrogens with zero attached hydrogens (tertiary/aromatic N) is 4. The van der Waals surface area contributed by atoms with Gasteiger partial charge in [0.25, 0.3) is 0 Å². The van der Waals surface area contributed by atoms with E-state index in [1.165, 1.54) is 13.2 Å². The van der Waals surface area contributed by atoms with Crippen LogP contribution in [-0.4, -0.2) is 63.3 Å². The van der Waals surface area contributed by atoms with Crippen molar-refractivity contribution in [2.45, 2.75) is 12.6 Å². The molecule has 1 atom stereocenters. The van der Waals surface area contributed by atoms with Gasteiger partial charge in [-0.1, -0.05) is 18.2 Å². The van der Waals surface area contributed by atoms with E-state index in [4.69, 9.17) is 25.2 Å². The van der Waals surface area contributed by atoms with Crippen LogP contribution in [0.3, 0.4) is 0 Å². The summed E-state index contributed by atoms with van der Waals surface area (Å²) in [4.78, 5) is 15.9. The fraction of sp³-hybridized carbons (Fsp3) is 0.296. The van der Waals surface area contributed by atoms with Crippen molar-refractivity contribution >= 4 is 33.4 Å². The zero-order chi connectivity index (χ0) is 28.2. The van der Waals surface area contributed by atoms with Crippen LogP contribution < -0.4 is 20.1 Å². The lowest BCUT2D eigenvalue weighted by Crippen LogP contribution is -2.37. The third kappa shape index (κ3) is 5.81. The maximum atomic E-state index is 15.7. The number of nitrogens with two attached hydrogens (primary N) is 1. The Kier molecular flexibility index (Phi) is 8.33. The summed E-state index contributed by atoms with van der Waals surface area (Å²) >= 11 is 0. The summed E-state index contributed by atoms with van der Waals surface area (Å²) in [6, 6.07) is 11.4. The number of morpholine rings is 1. The number of thiol groups is 1. The lowest BCUT2D eigenvalue weighted by Gasteiger charge is -2.29. The Morgan fingerprint density at radius 1 is 1.15 bits per heavy atom. The Labute approximate surface area is 231 Å². The summed E-state index contributed by atoms with van der Waals surface area (Å²) in [5.41, 5.74) is 7.42. The van der Waals surface area contributed by atoms with Crippen LogP contribution in [-0.2, 0) is 15.6 Å². The van der Waals surface area contributed by atoms with E-state index < -0.39 is 22.9 Å². The highest BCUT2D eigenvalue weighted by atomic mass is 32.2. The van der Waals surface area contributed by atoms with Crippen molar-refractivity contribution in [3.8, 4) is 28.3 Å². The number of fused-ring (bicyclic) bond motifs is 1. The summed E-state index contributed by atoms with van der Waals surface area (Å²) in [6.45, 7) is 2.08. The number of nitrogen functional groups attached to an aromatic ring is 1. The van der Waals surface area contributed by atoms with Crippen molar-refractivity contribution in [3.05, 3.63) is 60.0 Å². The Balaban J connectivity index is 1.64. The Bertz CT molecular complexity index is 1590. The summed E-state index contributed by atoms with van der Waals surface area (Å²) < 4.78 is 65.5. The van der Waals surface area contributed by atoms with Crippen molar-refractivity contribution in [2.24, 2.45) is 0 Å². The molecule has 5 rings (SSSR count). The van der Waals surface area contributed by atoms with Gasteiger partial charge in [-0.05, 0) is 36.2 Å². The van der Waals surface area contributed by atoms with Gasteiger partial charge in [0, 0.05) is 47.9 Å². The molecular weight excluding hydrogens is 542 g/mol. The standard InChI is InChI=1S/C27H28F2N6O4S/c1-38-22-14-17(18-3-2-4-19(24(18)29)21(28)7-8-32-40(36)37)13-20-25(22)33-26(16-5-6-23(30)31-15-16)34-27(20)35-9-11-39-12-10-35/h2-6,13-15,21,40H,7-12H2,1H3,(H2,30,31)(H,32,36,37). The van der Waals surface area contributed by atoms with Crippen LogP contribution in [0.4, 0.5) is 20.4 Å². The fourth-order valence-corrected chi connectivity index (χ4v) is 4.94. The molecule has 1 saturated heterocycles. The molecule has 1 aliphatic heterocycles. The van der Waals surface area contributed by atoms with Crippen molar-refractivity contribution in [3.63, 3.8) is 0 Å².